The maximum absolute atomic E-state index is 13.9. The summed E-state index contributed by atoms with van der Waals surface area (Å²) in [6, 6.07) is 14.8. The van der Waals surface area contributed by atoms with Crippen LogP contribution in [0.25, 0.3) is 11.1 Å². The van der Waals surface area contributed by atoms with Crippen LogP contribution in [0.3, 0.4) is 0 Å². The number of anilines is 1. The fourth-order valence-corrected chi connectivity index (χ4v) is 3.59. The molecule has 140 valence electrons. The van der Waals surface area contributed by atoms with Gasteiger partial charge in [-0.05, 0) is 47.5 Å². The van der Waals surface area contributed by atoms with E-state index >= 15 is 0 Å². The predicted molar refractivity (Wildman–Crippen MR) is 98.2 cm³/mol. The van der Waals surface area contributed by atoms with Crippen LogP contribution in [0.1, 0.15) is 11.8 Å². The number of hydrogen-bond acceptors (Lipinski definition) is 4. The second-order valence-electron chi connectivity index (χ2n) is 5.82. The number of halogens is 2. The van der Waals surface area contributed by atoms with Crippen molar-refractivity contribution in [2.75, 3.05) is 4.72 Å². The molecule has 4 N–H and O–H groups in total. The van der Waals surface area contributed by atoms with Gasteiger partial charge < -0.3 is 10.8 Å². The molecule has 0 spiro atoms. The zero-order valence-electron chi connectivity index (χ0n) is 13.9. The van der Waals surface area contributed by atoms with Crippen LogP contribution >= 0.6 is 0 Å². The summed E-state index contributed by atoms with van der Waals surface area (Å²) in [4.78, 5) is -0.0348. The monoisotopic (exact) mass is 390 g/mol. The summed E-state index contributed by atoms with van der Waals surface area (Å²) >= 11 is 0. The maximum Gasteiger partial charge on any atom is 0.261 e. The molecule has 8 heteroatoms. The molecule has 3 aromatic carbocycles. The fraction of sp³-hybridized carbons (Fsp3) is 0.0526. The predicted octanol–water partition coefficient (Wildman–Crippen LogP) is 3.38. The third kappa shape index (κ3) is 4.30. The Balaban J connectivity index is 1.86. The fourth-order valence-electron chi connectivity index (χ4n) is 2.54. The lowest BCUT2D eigenvalue weighted by Gasteiger charge is -2.11. The molecule has 0 saturated heterocycles. The van der Waals surface area contributed by atoms with Gasteiger partial charge in [0.1, 0.15) is 17.9 Å². The molecule has 3 aromatic rings. The Bertz CT molecular complexity index is 1070. The lowest BCUT2D eigenvalue weighted by atomic mass is 10.1. The van der Waals surface area contributed by atoms with Crippen LogP contribution in [-0.4, -0.2) is 13.5 Å². The molecule has 3 rings (SSSR count). The summed E-state index contributed by atoms with van der Waals surface area (Å²) in [6.07, 6.45) is -1.22. The van der Waals surface area contributed by atoms with Crippen LogP contribution < -0.4 is 10.5 Å². The quantitative estimate of drug-likeness (QED) is 0.583. The van der Waals surface area contributed by atoms with Crippen LogP contribution in [0.2, 0.25) is 0 Å². The van der Waals surface area contributed by atoms with Gasteiger partial charge in [0.05, 0.1) is 4.90 Å². The summed E-state index contributed by atoms with van der Waals surface area (Å²) < 4.78 is 54.3. The van der Waals surface area contributed by atoms with Crippen molar-refractivity contribution in [3.05, 3.63) is 83.9 Å². The van der Waals surface area contributed by atoms with Gasteiger partial charge in [-0.3, -0.25) is 4.72 Å². The molecule has 1 atom stereocenters. The van der Waals surface area contributed by atoms with Crippen molar-refractivity contribution in [2.45, 2.75) is 11.1 Å². The number of sulfonamides is 1. The van der Waals surface area contributed by atoms with Gasteiger partial charge in [0.15, 0.2) is 0 Å². The summed E-state index contributed by atoms with van der Waals surface area (Å²) in [7, 11) is -3.90. The van der Waals surface area contributed by atoms with E-state index in [0.29, 0.717) is 11.1 Å². The van der Waals surface area contributed by atoms with Crippen LogP contribution in [0, 0.1) is 11.6 Å². The lowest BCUT2D eigenvalue weighted by molar-refractivity contribution is 0.186. The third-order valence-electron chi connectivity index (χ3n) is 3.89. The van der Waals surface area contributed by atoms with E-state index in [4.69, 9.17) is 5.73 Å². The summed E-state index contributed by atoms with van der Waals surface area (Å²) in [6.45, 7) is 0. The molecule has 0 aliphatic carbocycles. The Hall–Kier alpha value is -2.81. The van der Waals surface area contributed by atoms with Gasteiger partial charge in [0, 0.05) is 17.3 Å². The highest BCUT2D eigenvalue weighted by Gasteiger charge is 2.16. The molecule has 0 unspecified atom stereocenters. The average molecular weight is 390 g/mol. The van der Waals surface area contributed by atoms with E-state index in [2.05, 4.69) is 4.72 Å². The highest BCUT2D eigenvalue weighted by atomic mass is 32.2. The van der Waals surface area contributed by atoms with Crippen LogP contribution in [0.15, 0.2) is 71.6 Å². The Morgan fingerprint density at radius 1 is 0.963 bits per heavy atom. The van der Waals surface area contributed by atoms with Crippen LogP contribution in [0.5, 0.6) is 0 Å². The number of aliphatic hydroxyl groups excluding tert-OH is 1. The van der Waals surface area contributed by atoms with Crippen LogP contribution in [0.4, 0.5) is 14.5 Å². The maximum atomic E-state index is 13.9. The van der Waals surface area contributed by atoms with Crippen molar-refractivity contribution in [2.24, 2.45) is 5.73 Å². The first-order valence-corrected chi connectivity index (χ1v) is 9.36. The average Bonchev–Trinajstić information content (AvgIpc) is 2.62. The molecule has 0 heterocycles. The third-order valence-corrected chi connectivity index (χ3v) is 5.28. The number of benzene rings is 3. The molecular formula is C19H16F2N2O3S. The zero-order chi connectivity index (χ0) is 19.6. The van der Waals surface area contributed by atoms with E-state index in [9.17, 15) is 22.3 Å². The number of nitrogens with two attached hydrogens (primary N) is 1. The van der Waals surface area contributed by atoms with Crippen molar-refractivity contribution in [1.82, 2.24) is 0 Å². The summed E-state index contributed by atoms with van der Waals surface area (Å²) in [5.74, 6) is -1.43. The van der Waals surface area contributed by atoms with Crippen molar-refractivity contribution in [1.29, 1.82) is 0 Å². The second-order valence-corrected chi connectivity index (χ2v) is 7.51. The van der Waals surface area contributed by atoms with Gasteiger partial charge in [-0.1, -0.05) is 24.3 Å². The molecular weight excluding hydrogens is 374 g/mol. The Morgan fingerprint density at radius 2 is 1.67 bits per heavy atom. The van der Waals surface area contributed by atoms with E-state index in [0.717, 1.165) is 12.1 Å². The van der Waals surface area contributed by atoms with Gasteiger partial charge in [-0.2, -0.15) is 0 Å². The Labute approximate surface area is 155 Å². The van der Waals surface area contributed by atoms with E-state index < -0.39 is 27.9 Å². The molecule has 0 bridgehead atoms. The van der Waals surface area contributed by atoms with E-state index in [1.54, 1.807) is 12.1 Å². The van der Waals surface area contributed by atoms with Crippen molar-refractivity contribution < 1.29 is 22.3 Å². The molecule has 0 aliphatic heterocycles. The topological polar surface area (TPSA) is 92.4 Å². The van der Waals surface area contributed by atoms with Crippen molar-refractivity contribution >= 4 is 15.7 Å². The second kappa shape index (κ2) is 7.43. The van der Waals surface area contributed by atoms with Gasteiger partial charge in [-0.25, -0.2) is 17.2 Å². The Kier molecular flexibility index (Phi) is 5.22. The smallest absolute Gasteiger partial charge is 0.261 e. The first-order valence-electron chi connectivity index (χ1n) is 7.88. The van der Waals surface area contributed by atoms with E-state index in [1.807, 2.05) is 0 Å². The minimum absolute atomic E-state index is 0.0348. The van der Waals surface area contributed by atoms with E-state index in [1.165, 1.54) is 42.5 Å². The van der Waals surface area contributed by atoms with Crippen molar-refractivity contribution in [3.8, 4) is 11.1 Å². The summed E-state index contributed by atoms with van der Waals surface area (Å²) in [5, 5.41) is 9.39. The highest BCUT2D eigenvalue weighted by molar-refractivity contribution is 7.92. The van der Waals surface area contributed by atoms with Gasteiger partial charge in [0.25, 0.3) is 10.0 Å². The highest BCUT2D eigenvalue weighted by Crippen LogP contribution is 2.26. The first kappa shape index (κ1) is 19.0. The van der Waals surface area contributed by atoms with Crippen molar-refractivity contribution in [3.63, 3.8) is 0 Å². The number of rotatable bonds is 5. The molecule has 0 amide bonds. The van der Waals surface area contributed by atoms with Gasteiger partial charge in [-0.15, -0.1) is 0 Å². The molecule has 0 saturated carbocycles. The minimum atomic E-state index is -3.90. The number of nitrogens with one attached hydrogen (secondary N) is 1. The van der Waals surface area contributed by atoms with Gasteiger partial charge in [0.2, 0.25) is 0 Å². The normalized spacial score (nSPS) is 12.6. The molecule has 27 heavy (non-hydrogen) atoms. The molecule has 0 aliphatic rings. The molecule has 0 aromatic heterocycles. The number of aliphatic hydroxyl groups is 1. The molecule has 0 radical (unpaired) electrons. The molecule has 5 nitrogen and oxygen atoms in total. The zero-order valence-corrected chi connectivity index (χ0v) is 14.7. The molecule has 0 fully saturated rings. The van der Waals surface area contributed by atoms with Gasteiger partial charge >= 0.3 is 0 Å². The SMILES string of the molecule is N[C@H](O)c1cccc(NS(=O)(=O)c2ccc(-c3ccc(F)cc3F)cc2)c1. The number of hydrogen-bond donors (Lipinski definition) is 3. The standard InChI is InChI=1S/C19H16F2N2O3S/c20-14-6-9-17(18(21)11-14)12-4-7-16(8-5-12)27(25,26)23-15-3-1-2-13(10-15)19(22)24/h1-11,19,23-24H,22H2/t19-/m1/s1. The minimum Gasteiger partial charge on any atom is -0.375 e. The largest absolute Gasteiger partial charge is 0.375 e. The first-order chi connectivity index (χ1) is 12.8. The Morgan fingerprint density at radius 3 is 2.30 bits per heavy atom. The van der Waals surface area contributed by atoms with Crippen LogP contribution in [-0.2, 0) is 10.0 Å². The lowest BCUT2D eigenvalue weighted by Crippen LogP contribution is -2.14. The summed E-state index contributed by atoms with van der Waals surface area (Å²) in [5.41, 5.74) is 6.56. The van der Waals surface area contributed by atoms with E-state index in [-0.39, 0.29) is 16.1 Å².